The zero-order valence-electron chi connectivity index (χ0n) is 18.3. The van der Waals surface area contributed by atoms with Crippen molar-refractivity contribution in [1.82, 2.24) is 9.80 Å². The van der Waals surface area contributed by atoms with E-state index in [1.54, 1.807) is 42.3 Å². The van der Waals surface area contributed by atoms with Gasteiger partial charge >= 0.3 is 0 Å². The first-order valence-electron chi connectivity index (χ1n) is 11.0. The average Bonchev–Trinajstić information content (AvgIpc) is 3.17. The molecule has 2 aromatic rings. The fourth-order valence-corrected chi connectivity index (χ4v) is 4.52. The lowest BCUT2D eigenvalue weighted by molar-refractivity contribution is -0.143. The number of fused-ring (bicyclic) bond motifs is 1. The Kier molecular flexibility index (Phi) is 5.63. The molecular weight excluding hydrogens is 426 g/mol. The van der Waals surface area contributed by atoms with Gasteiger partial charge < -0.3 is 19.1 Å². The Hall–Kier alpha value is -3.59. The van der Waals surface area contributed by atoms with Crippen LogP contribution in [0.5, 0.6) is 17.2 Å². The Morgan fingerprint density at radius 2 is 1.76 bits per heavy atom. The lowest BCUT2D eigenvalue weighted by atomic mass is 10.1. The van der Waals surface area contributed by atoms with Gasteiger partial charge in [-0.25, -0.2) is 4.90 Å². The van der Waals surface area contributed by atoms with Crippen molar-refractivity contribution in [2.24, 2.45) is 0 Å². The smallest absolute Gasteiger partial charge is 0.267 e. The van der Waals surface area contributed by atoms with Crippen molar-refractivity contribution in [3.05, 3.63) is 48.5 Å². The van der Waals surface area contributed by atoms with Gasteiger partial charge in [-0.1, -0.05) is 18.2 Å². The number of anilines is 1. The predicted octanol–water partition coefficient (Wildman–Crippen LogP) is 1.31. The maximum atomic E-state index is 13.1. The van der Waals surface area contributed by atoms with Crippen molar-refractivity contribution in [1.29, 1.82) is 0 Å². The summed E-state index contributed by atoms with van der Waals surface area (Å²) in [5.74, 6) is 1.18. The van der Waals surface area contributed by atoms with Crippen LogP contribution in [0.2, 0.25) is 0 Å². The van der Waals surface area contributed by atoms with Crippen molar-refractivity contribution in [2.75, 3.05) is 44.8 Å². The molecule has 2 aromatic carbocycles. The van der Waals surface area contributed by atoms with E-state index in [1.165, 1.54) is 4.90 Å². The first-order chi connectivity index (χ1) is 16.0. The van der Waals surface area contributed by atoms with E-state index in [9.17, 15) is 14.4 Å². The Bertz CT molecular complexity index is 1080. The molecule has 5 rings (SSSR count). The van der Waals surface area contributed by atoms with E-state index in [-0.39, 0.29) is 30.7 Å². The quantitative estimate of drug-likeness (QED) is 0.648. The second-order valence-corrected chi connectivity index (χ2v) is 8.21. The summed E-state index contributed by atoms with van der Waals surface area (Å²) in [4.78, 5) is 43.7. The monoisotopic (exact) mass is 451 g/mol. The van der Waals surface area contributed by atoms with Gasteiger partial charge in [0.2, 0.25) is 12.0 Å². The number of rotatable bonds is 4. The Morgan fingerprint density at radius 3 is 2.52 bits per heavy atom. The topological polar surface area (TPSA) is 88.6 Å². The van der Waals surface area contributed by atoms with E-state index >= 15 is 0 Å². The third-order valence-electron chi connectivity index (χ3n) is 6.29. The van der Waals surface area contributed by atoms with Crippen molar-refractivity contribution in [2.45, 2.75) is 18.6 Å². The highest BCUT2D eigenvalue weighted by Gasteiger charge is 2.44. The number of carbonyl (C=O) groups excluding carboxylic acids is 3. The summed E-state index contributed by atoms with van der Waals surface area (Å²) in [6, 6.07) is 13.7. The van der Waals surface area contributed by atoms with Crippen molar-refractivity contribution in [3.63, 3.8) is 0 Å². The van der Waals surface area contributed by atoms with Crippen LogP contribution in [-0.2, 0) is 14.4 Å². The number of para-hydroxylation sites is 2. The van der Waals surface area contributed by atoms with E-state index < -0.39 is 12.1 Å². The lowest BCUT2D eigenvalue weighted by Crippen LogP contribution is -2.57. The van der Waals surface area contributed by atoms with Gasteiger partial charge in [-0.05, 0) is 24.3 Å². The van der Waals surface area contributed by atoms with Crippen LogP contribution < -0.4 is 19.1 Å². The second-order valence-electron chi connectivity index (χ2n) is 8.21. The molecule has 0 unspecified atom stereocenters. The van der Waals surface area contributed by atoms with Crippen LogP contribution in [0.15, 0.2) is 48.5 Å². The fraction of sp³-hybridized carbons (Fsp3) is 0.375. The van der Waals surface area contributed by atoms with Crippen molar-refractivity contribution < 1.29 is 28.6 Å². The third-order valence-corrected chi connectivity index (χ3v) is 6.29. The van der Waals surface area contributed by atoms with E-state index in [0.29, 0.717) is 49.1 Å². The van der Waals surface area contributed by atoms with E-state index in [2.05, 4.69) is 0 Å². The van der Waals surface area contributed by atoms with Crippen molar-refractivity contribution in [3.8, 4) is 17.2 Å². The first kappa shape index (κ1) is 21.3. The lowest BCUT2D eigenvalue weighted by Gasteiger charge is -2.38. The molecule has 0 N–H and O–H groups in total. The van der Waals surface area contributed by atoms with Gasteiger partial charge in [0.05, 0.1) is 25.3 Å². The van der Waals surface area contributed by atoms with Crippen LogP contribution in [0.4, 0.5) is 5.69 Å². The van der Waals surface area contributed by atoms with E-state index in [0.717, 1.165) is 0 Å². The summed E-state index contributed by atoms with van der Waals surface area (Å²) in [5.41, 5.74) is 0.510. The van der Waals surface area contributed by atoms with Crippen LogP contribution in [0.3, 0.4) is 0 Å². The van der Waals surface area contributed by atoms with Crippen LogP contribution >= 0.6 is 0 Å². The SMILES string of the molecule is COc1cccc(N2C(=O)C[C@H](N3CCN(C(=O)[C@@H]4COc5ccccc5O4)CC3)C2=O)c1. The van der Waals surface area contributed by atoms with Gasteiger partial charge in [0.15, 0.2) is 11.5 Å². The van der Waals surface area contributed by atoms with E-state index in [4.69, 9.17) is 14.2 Å². The number of hydrogen-bond donors (Lipinski definition) is 0. The molecule has 0 aliphatic carbocycles. The third kappa shape index (κ3) is 4.00. The number of piperazine rings is 1. The predicted molar refractivity (Wildman–Crippen MR) is 118 cm³/mol. The number of amides is 3. The van der Waals surface area contributed by atoms with Crippen LogP contribution in [0, 0.1) is 0 Å². The highest BCUT2D eigenvalue weighted by atomic mass is 16.6. The molecule has 0 bridgehead atoms. The van der Waals surface area contributed by atoms with Crippen molar-refractivity contribution >= 4 is 23.4 Å². The Morgan fingerprint density at radius 1 is 1.00 bits per heavy atom. The highest BCUT2D eigenvalue weighted by Crippen LogP contribution is 2.32. The van der Waals surface area contributed by atoms with Crippen LogP contribution in [-0.4, -0.2) is 79.6 Å². The average molecular weight is 451 g/mol. The maximum absolute atomic E-state index is 13.1. The van der Waals surface area contributed by atoms with Gasteiger partial charge in [-0.3, -0.25) is 19.3 Å². The molecule has 3 amide bonds. The van der Waals surface area contributed by atoms with Gasteiger partial charge in [-0.15, -0.1) is 0 Å². The molecule has 0 aromatic heterocycles. The number of hydrogen-bond acceptors (Lipinski definition) is 7. The number of imide groups is 1. The van der Waals surface area contributed by atoms with Gasteiger partial charge in [0.1, 0.15) is 12.4 Å². The molecule has 33 heavy (non-hydrogen) atoms. The van der Waals surface area contributed by atoms with Crippen LogP contribution in [0.1, 0.15) is 6.42 Å². The first-order valence-corrected chi connectivity index (χ1v) is 11.0. The molecule has 0 spiro atoms. The molecular formula is C24H25N3O6. The molecule has 0 radical (unpaired) electrons. The number of methoxy groups -OCH3 is 1. The molecule has 3 aliphatic heterocycles. The van der Waals surface area contributed by atoms with Crippen LogP contribution in [0.25, 0.3) is 0 Å². The molecule has 0 saturated carbocycles. The minimum Gasteiger partial charge on any atom is -0.497 e. The van der Waals surface area contributed by atoms with Gasteiger partial charge in [0.25, 0.3) is 11.8 Å². The Balaban J connectivity index is 1.20. The second kappa shape index (κ2) is 8.74. The summed E-state index contributed by atoms with van der Waals surface area (Å²) < 4.78 is 16.7. The molecule has 9 heteroatoms. The fourth-order valence-electron chi connectivity index (χ4n) is 4.52. The summed E-state index contributed by atoms with van der Waals surface area (Å²) in [7, 11) is 1.54. The molecule has 3 aliphatic rings. The Labute approximate surface area is 191 Å². The molecule has 172 valence electrons. The summed E-state index contributed by atoms with van der Waals surface area (Å²) in [6.07, 6.45) is -0.565. The molecule has 2 fully saturated rings. The number of carbonyl (C=O) groups is 3. The van der Waals surface area contributed by atoms with Gasteiger partial charge in [-0.2, -0.15) is 0 Å². The highest BCUT2D eigenvalue weighted by molar-refractivity contribution is 6.22. The minimum atomic E-state index is -0.690. The standard InChI is InChI=1S/C24H25N3O6/c1-31-17-6-4-5-16(13-17)27-22(28)14-18(23(27)29)25-9-11-26(12-10-25)24(30)21-15-32-19-7-2-3-8-20(19)33-21/h2-8,13,18,21H,9-12,14-15H2,1H3/t18-,21-/m0/s1. The summed E-state index contributed by atoms with van der Waals surface area (Å²) >= 11 is 0. The molecule has 3 heterocycles. The molecule has 2 atom stereocenters. The summed E-state index contributed by atoms with van der Waals surface area (Å²) in [6.45, 7) is 2.09. The zero-order chi connectivity index (χ0) is 22.9. The number of nitrogens with zero attached hydrogens (tertiary/aromatic N) is 3. The number of benzene rings is 2. The van der Waals surface area contributed by atoms with E-state index in [1.807, 2.05) is 23.1 Å². The normalized spacial score (nSPS) is 23.1. The maximum Gasteiger partial charge on any atom is 0.267 e. The number of ether oxygens (including phenoxy) is 3. The van der Waals surface area contributed by atoms with Gasteiger partial charge in [0, 0.05) is 32.2 Å². The molecule has 9 nitrogen and oxygen atoms in total. The summed E-state index contributed by atoms with van der Waals surface area (Å²) in [5, 5.41) is 0. The minimum absolute atomic E-state index is 0.125. The molecule has 2 saturated heterocycles. The zero-order valence-corrected chi connectivity index (χ0v) is 18.3. The largest absolute Gasteiger partial charge is 0.497 e.